The highest BCUT2D eigenvalue weighted by Gasteiger charge is 2.10. The fraction of sp³-hybridized carbons (Fsp3) is 0.250. The summed E-state index contributed by atoms with van der Waals surface area (Å²) in [6.45, 7) is 2.00. The minimum Gasteiger partial charge on any atom is -0.480 e. The molecule has 0 aromatic carbocycles. The monoisotopic (exact) mass is 308 g/mol. The van der Waals surface area contributed by atoms with Crippen LogP contribution < -0.4 is 10.1 Å². The summed E-state index contributed by atoms with van der Waals surface area (Å²) in [5, 5.41) is 3.17. The number of pyridine rings is 1. The predicted octanol–water partition coefficient (Wildman–Crippen LogP) is 2.82. The van der Waals surface area contributed by atoms with Crippen LogP contribution >= 0.6 is 15.9 Å². The molecule has 94 valence electrons. The van der Waals surface area contributed by atoms with Gasteiger partial charge in [0.1, 0.15) is 0 Å². The van der Waals surface area contributed by atoms with Crippen LogP contribution in [0.4, 0.5) is 5.95 Å². The van der Waals surface area contributed by atoms with Crippen molar-refractivity contribution in [3.63, 3.8) is 0 Å². The van der Waals surface area contributed by atoms with Crippen molar-refractivity contribution in [1.29, 1.82) is 0 Å². The molecule has 1 N–H and O–H groups in total. The maximum atomic E-state index is 5.12. The van der Waals surface area contributed by atoms with Crippen LogP contribution in [0.2, 0.25) is 0 Å². The summed E-state index contributed by atoms with van der Waals surface area (Å²) < 4.78 is 5.84. The van der Waals surface area contributed by atoms with Crippen LogP contribution in [0.5, 0.6) is 5.88 Å². The Morgan fingerprint density at radius 2 is 2.17 bits per heavy atom. The Kier molecular flexibility index (Phi) is 4.09. The van der Waals surface area contributed by atoms with Crippen LogP contribution in [0.1, 0.15) is 18.7 Å². The van der Waals surface area contributed by atoms with Crippen molar-refractivity contribution in [3.05, 3.63) is 40.8 Å². The van der Waals surface area contributed by atoms with Crippen LogP contribution in [0, 0.1) is 0 Å². The zero-order chi connectivity index (χ0) is 13.0. The van der Waals surface area contributed by atoms with Crippen LogP contribution in [0.3, 0.4) is 0 Å². The lowest BCUT2D eigenvalue weighted by atomic mass is 10.2. The molecule has 1 atom stereocenters. The van der Waals surface area contributed by atoms with E-state index >= 15 is 0 Å². The smallest absolute Gasteiger partial charge is 0.232 e. The highest BCUT2D eigenvalue weighted by atomic mass is 79.9. The zero-order valence-corrected chi connectivity index (χ0v) is 11.7. The molecule has 0 spiro atoms. The van der Waals surface area contributed by atoms with Crippen LogP contribution in [0.15, 0.2) is 35.1 Å². The van der Waals surface area contributed by atoms with E-state index in [9.17, 15) is 0 Å². The largest absolute Gasteiger partial charge is 0.480 e. The minimum absolute atomic E-state index is 0.0251. The molecule has 0 saturated carbocycles. The molecule has 18 heavy (non-hydrogen) atoms. The first-order valence-electron chi connectivity index (χ1n) is 5.44. The van der Waals surface area contributed by atoms with Crippen LogP contribution in [-0.4, -0.2) is 22.1 Å². The van der Waals surface area contributed by atoms with E-state index in [1.165, 1.54) is 0 Å². The molecule has 1 unspecified atom stereocenters. The number of hydrogen-bond acceptors (Lipinski definition) is 5. The average Bonchev–Trinajstić information content (AvgIpc) is 2.42. The molecule has 0 aliphatic carbocycles. The first kappa shape index (κ1) is 12.8. The van der Waals surface area contributed by atoms with E-state index in [4.69, 9.17) is 4.74 Å². The van der Waals surface area contributed by atoms with Gasteiger partial charge in [-0.15, -0.1) is 0 Å². The fourth-order valence-electron chi connectivity index (χ4n) is 1.46. The second-order valence-electron chi connectivity index (χ2n) is 3.67. The van der Waals surface area contributed by atoms with Gasteiger partial charge in [-0.25, -0.2) is 4.98 Å². The van der Waals surface area contributed by atoms with Gasteiger partial charge in [0, 0.05) is 6.20 Å². The number of ether oxygens (including phenoxy) is 1. The number of nitrogens with one attached hydrogen (secondary N) is 1. The van der Waals surface area contributed by atoms with Crippen molar-refractivity contribution >= 4 is 21.9 Å². The van der Waals surface area contributed by atoms with Crippen molar-refractivity contribution < 1.29 is 4.74 Å². The molecule has 0 fully saturated rings. The highest BCUT2D eigenvalue weighted by molar-refractivity contribution is 9.10. The number of hydrogen-bond donors (Lipinski definition) is 1. The van der Waals surface area contributed by atoms with E-state index in [2.05, 4.69) is 36.2 Å². The Hall–Kier alpha value is -1.69. The number of methoxy groups -OCH3 is 1. The van der Waals surface area contributed by atoms with Crippen molar-refractivity contribution in [2.45, 2.75) is 13.0 Å². The van der Waals surface area contributed by atoms with Crippen molar-refractivity contribution in [1.82, 2.24) is 15.0 Å². The van der Waals surface area contributed by atoms with E-state index in [1.807, 2.05) is 25.1 Å². The Morgan fingerprint density at radius 3 is 2.83 bits per heavy atom. The first-order chi connectivity index (χ1) is 8.70. The Balaban J connectivity index is 2.14. The lowest BCUT2D eigenvalue weighted by molar-refractivity contribution is 0.394. The van der Waals surface area contributed by atoms with Gasteiger partial charge in [0.15, 0.2) is 0 Å². The van der Waals surface area contributed by atoms with E-state index in [0.717, 1.165) is 10.2 Å². The topological polar surface area (TPSA) is 59.9 Å². The normalized spacial score (nSPS) is 11.9. The highest BCUT2D eigenvalue weighted by Crippen LogP contribution is 2.23. The molecule has 6 heteroatoms. The summed E-state index contributed by atoms with van der Waals surface area (Å²) in [4.78, 5) is 12.7. The van der Waals surface area contributed by atoms with Gasteiger partial charge in [-0.1, -0.05) is 6.07 Å². The van der Waals surface area contributed by atoms with Crippen LogP contribution in [-0.2, 0) is 0 Å². The van der Waals surface area contributed by atoms with Gasteiger partial charge in [0.2, 0.25) is 11.8 Å². The van der Waals surface area contributed by atoms with Crippen molar-refractivity contribution in [2.75, 3.05) is 12.4 Å². The van der Waals surface area contributed by atoms with Gasteiger partial charge in [-0.3, -0.25) is 4.98 Å². The molecular weight excluding hydrogens is 296 g/mol. The third-order valence-electron chi connectivity index (χ3n) is 2.38. The van der Waals surface area contributed by atoms with Gasteiger partial charge in [0.25, 0.3) is 0 Å². The van der Waals surface area contributed by atoms with Gasteiger partial charge >= 0.3 is 0 Å². The second kappa shape index (κ2) is 5.77. The van der Waals surface area contributed by atoms with Gasteiger partial charge in [-0.2, -0.15) is 4.98 Å². The molecule has 5 nitrogen and oxygen atoms in total. The van der Waals surface area contributed by atoms with Crippen LogP contribution in [0.25, 0.3) is 0 Å². The number of rotatable bonds is 4. The molecule has 0 aliphatic rings. The maximum Gasteiger partial charge on any atom is 0.232 e. The number of aromatic nitrogens is 3. The molecule has 0 saturated heterocycles. The fourth-order valence-corrected chi connectivity index (χ4v) is 1.82. The summed E-state index contributed by atoms with van der Waals surface area (Å²) in [6.07, 6.45) is 3.41. The second-order valence-corrected chi connectivity index (χ2v) is 4.53. The van der Waals surface area contributed by atoms with Crippen molar-refractivity contribution in [3.8, 4) is 5.88 Å². The molecule has 0 amide bonds. The van der Waals surface area contributed by atoms with Gasteiger partial charge < -0.3 is 10.1 Å². The SMILES string of the molecule is COc1nc(NC(C)c2ccccn2)ncc1Br. The molecule has 0 bridgehead atoms. The molecular formula is C12H13BrN4O. The van der Waals surface area contributed by atoms with E-state index in [1.54, 1.807) is 19.5 Å². The Bertz CT molecular complexity index is 521. The molecule has 2 rings (SSSR count). The average molecular weight is 309 g/mol. The summed E-state index contributed by atoms with van der Waals surface area (Å²) in [5.74, 6) is 1.01. The summed E-state index contributed by atoms with van der Waals surface area (Å²) >= 11 is 3.31. The molecule has 0 aliphatic heterocycles. The molecule has 2 aromatic rings. The zero-order valence-electron chi connectivity index (χ0n) is 10.1. The van der Waals surface area contributed by atoms with E-state index < -0.39 is 0 Å². The molecule has 2 heterocycles. The van der Waals surface area contributed by atoms with Gasteiger partial charge in [-0.05, 0) is 35.0 Å². The molecule has 0 radical (unpaired) electrons. The van der Waals surface area contributed by atoms with E-state index in [0.29, 0.717) is 11.8 Å². The summed E-state index contributed by atoms with van der Waals surface area (Å²) in [5.41, 5.74) is 0.933. The van der Waals surface area contributed by atoms with Gasteiger partial charge in [0.05, 0.1) is 29.5 Å². The molecule has 2 aromatic heterocycles. The third kappa shape index (κ3) is 2.95. The van der Waals surface area contributed by atoms with Crippen molar-refractivity contribution in [2.24, 2.45) is 0 Å². The lowest BCUT2D eigenvalue weighted by Gasteiger charge is -2.13. The standard InChI is InChI=1S/C12H13BrN4O/c1-8(10-5-3-4-6-14-10)16-12-15-7-9(13)11(17-12)18-2/h3-8H,1-2H3,(H,15,16,17). The Morgan fingerprint density at radius 1 is 1.33 bits per heavy atom. The number of anilines is 1. The Labute approximate surface area is 114 Å². The third-order valence-corrected chi connectivity index (χ3v) is 2.93. The predicted molar refractivity (Wildman–Crippen MR) is 72.6 cm³/mol. The van der Waals surface area contributed by atoms with E-state index in [-0.39, 0.29) is 6.04 Å². The quantitative estimate of drug-likeness (QED) is 0.941. The summed E-state index contributed by atoms with van der Waals surface area (Å²) in [7, 11) is 1.57. The number of halogens is 1. The maximum absolute atomic E-state index is 5.12. The summed E-state index contributed by atoms with van der Waals surface area (Å²) in [6, 6.07) is 5.81. The minimum atomic E-state index is 0.0251. The lowest BCUT2D eigenvalue weighted by Crippen LogP contribution is -2.11. The number of nitrogens with zero attached hydrogens (tertiary/aromatic N) is 3. The first-order valence-corrected chi connectivity index (χ1v) is 6.24.